The second-order valence-corrected chi connectivity index (χ2v) is 6.79. The van der Waals surface area contributed by atoms with Crippen molar-refractivity contribution in [3.05, 3.63) is 57.6 Å². The number of benzene rings is 2. The van der Waals surface area contributed by atoms with Crippen LogP contribution in [0.2, 0.25) is 10.0 Å². The second kappa shape index (κ2) is 5.94. The maximum absolute atomic E-state index is 12.3. The van der Waals surface area contributed by atoms with Crippen LogP contribution in [0.4, 0.5) is 5.69 Å². The molecule has 0 saturated carbocycles. The largest absolute Gasteiger partial charge is 0.277 e. The van der Waals surface area contributed by atoms with Gasteiger partial charge < -0.3 is 0 Å². The maximum atomic E-state index is 12.3. The van der Waals surface area contributed by atoms with Crippen LogP contribution in [0.3, 0.4) is 0 Å². The molecule has 0 aliphatic rings. The van der Waals surface area contributed by atoms with Crippen molar-refractivity contribution in [3.8, 4) is 6.07 Å². The van der Waals surface area contributed by atoms with Crippen molar-refractivity contribution in [2.75, 3.05) is 4.72 Å². The van der Waals surface area contributed by atoms with Gasteiger partial charge in [0.2, 0.25) is 0 Å². The SMILES string of the molecule is Cc1cc(S(=O)(=O)Nc2c(Cl)cccc2Cl)ccc1C#N. The van der Waals surface area contributed by atoms with Crippen molar-refractivity contribution in [2.45, 2.75) is 11.8 Å². The van der Waals surface area contributed by atoms with Crippen molar-refractivity contribution >= 4 is 38.9 Å². The molecule has 0 bridgehead atoms. The summed E-state index contributed by atoms with van der Waals surface area (Å²) in [5, 5.41) is 9.28. The van der Waals surface area contributed by atoms with Crippen LogP contribution in [0.1, 0.15) is 11.1 Å². The minimum atomic E-state index is -3.83. The van der Waals surface area contributed by atoms with Crippen LogP contribution < -0.4 is 4.72 Å². The number of hydrogen-bond donors (Lipinski definition) is 1. The molecule has 0 amide bonds. The molecule has 0 aromatic heterocycles. The van der Waals surface area contributed by atoms with Gasteiger partial charge in [-0.05, 0) is 42.8 Å². The van der Waals surface area contributed by atoms with Crippen LogP contribution in [0.15, 0.2) is 41.3 Å². The molecular weight excluding hydrogens is 331 g/mol. The van der Waals surface area contributed by atoms with Gasteiger partial charge in [0.05, 0.1) is 32.3 Å². The number of rotatable bonds is 3. The summed E-state index contributed by atoms with van der Waals surface area (Å²) in [5.74, 6) is 0. The third-order valence-corrected chi connectivity index (χ3v) is 4.81. The quantitative estimate of drug-likeness (QED) is 0.918. The molecule has 1 N–H and O–H groups in total. The summed E-state index contributed by atoms with van der Waals surface area (Å²) < 4.78 is 27.1. The first kappa shape index (κ1) is 15.6. The van der Waals surface area contributed by atoms with Gasteiger partial charge in [-0.1, -0.05) is 29.3 Å². The highest BCUT2D eigenvalue weighted by Crippen LogP contribution is 2.32. The normalized spacial score (nSPS) is 11.0. The van der Waals surface area contributed by atoms with E-state index in [0.29, 0.717) is 11.1 Å². The summed E-state index contributed by atoms with van der Waals surface area (Å²) in [6.07, 6.45) is 0. The summed E-state index contributed by atoms with van der Waals surface area (Å²) in [6.45, 7) is 1.67. The third-order valence-electron chi connectivity index (χ3n) is 2.83. The van der Waals surface area contributed by atoms with Crippen LogP contribution >= 0.6 is 23.2 Å². The Bertz CT molecular complexity index is 822. The number of halogens is 2. The van der Waals surface area contributed by atoms with Gasteiger partial charge in [0.25, 0.3) is 10.0 Å². The maximum Gasteiger partial charge on any atom is 0.261 e. The summed E-state index contributed by atoms with van der Waals surface area (Å²) in [7, 11) is -3.83. The van der Waals surface area contributed by atoms with Crippen LogP contribution in [-0.2, 0) is 10.0 Å². The van der Waals surface area contributed by atoms with Crippen molar-refractivity contribution in [3.63, 3.8) is 0 Å². The molecule has 0 aliphatic heterocycles. The van der Waals surface area contributed by atoms with E-state index < -0.39 is 10.0 Å². The topological polar surface area (TPSA) is 70.0 Å². The van der Waals surface area contributed by atoms with E-state index in [9.17, 15) is 8.42 Å². The monoisotopic (exact) mass is 340 g/mol. The number of hydrogen-bond acceptors (Lipinski definition) is 3. The summed E-state index contributed by atoms with van der Waals surface area (Å²) in [5.41, 5.74) is 1.12. The lowest BCUT2D eigenvalue weighted by molar-refractivity contribution is 0.601. The number of nitrogens with zero attached hydrogens (tertiary/aromatic N) is 1. The van der Waals surface area contributed by atoms with E-state index >= 15 is 0 Å². The molecule has 2 rings (SSSR count). The lowest BCUT2D eigenvalue weighted by atomic mass is 10.1. The number of sulfonamides is 1. The third kappa shape index (κ3) is 3.30. The van der Waals surface area contributed by atoms with Gasteiger partial charge in [0, 0.05) is 0 Å². The molecule has 0 fully saturated rings. The summed E-state index contributed by atoms with van der Waals surface area (Å²) >= 11 is 11.9. The zero-order valence-electron chi connectivity index (χ0n) is 10.9. The Balaban J connectivity index is 2.44. The molecule has 0 radical (unpaired) electrons. The van der Waals surface area contributed by atoms with Crippen molar-refractivity contribution in [1.29, 1.82) is 5.26 Å². The predicted molar refractivity (Wildman–Crippen MR) is 83.2 cm³/mol. The number of para-hydroxylation sites is 1. The molecule has 7 heteroatoms. The zero-order valence-corrected chi connectivity index (χ0v) is 13.2. The smallest absolute Gasteiger partial charge is 0.261 e. The van der Waals surface area contributed by atoms with Crippen molar-refractivity contribution in [1.82, 2.24) is 0 Å². The Morgan fingerprint density at radius 1 is 1.14 bits per heavy atom. The van der Waals surface area contributed by atoms with Gasteiger partial charge in [0.1, 0.15) is 0 Å². The predicted octanol–water partition coefficient (Wildman–Crippen LogP) is 3.97. The highest BCUT2D eigenvalue weighted by atomic mass is 35.5. The van der Waals surface area contributed by atoms with Gasteiger partial charge >= 0.3 is 0 Å². The van der Waals surface area contributed by atoms with Crippen molar-refractivity contribution in [2.24, 2.45) is 0 Å². The Labute approximate surface area is 133 Å². The fourth-order valence-electron chi connectivity index (χ4n) is 1.72. The molecule has 0 aliphatic carbocycles. The van der Waals surface area contributed by atoms with E-state index in [0.717, 1.165) is 0 Å². The molecule has 0 spiro atoms. The van der Waals surface area contributed by atoms with Gasteiger partial charge in [-0.3, -0.25) is 4.72 Å². The summed E-state index contributed by atoms with van der Waals surface area (Å²) in [6, 6.07) is 10.9. The average molecular weight is 341 g/mol. The molecule has 4 nitrogen and oxygen atoms in total. The van der Waals surface area contributed by atoms with E-state index in [-0.39, 0.29) is 20.6 Å². The molecule has 0 heterocycles. The van der Waals surface area contributed by atoms with Crippen molar-refractivity contribution < 1.29 is 8.42 Å². The average Bonchev–Trinajstić information content (AvgIpc) is 2.43. The Kier molecular flexibility index (Phi) is 4.43. The Morgan fingerprint density at radius 2 is 1.76 bits per heavy atom. The molecule has 21 heavy (non-hydrogen) atoms. The highest BCUT2D eigenvalue weighted by Gasteiger charge is 2.18. The molecular formula is C14H10Cl2N2O2S. The summed E-state index contributed by atoms with van der Waals surface area (Å²) in [4.78, 5) is 0.0370. The van der Waals surface area contributed by atoms with Crippen LogP contribution in [0.5, 0.6) is 0 Å². The van der Waals surface area contributed by atoms with E-state index in [1.807, 2.05) is 6.07 Å². The van der Waals surface area contributed by atoms with E-state index in [4.69, 9.17) is 28.5 Å². The number of nitrogens with one attached hydrogen (secondary N) is 1. The molecule has 0 unspecified atom stereocenters. The number of aryl methyl sites for hydroxylation is 1. The van der Waals surface area contributed by atoms with Crippen LogP contribution in [-0.4, -0.2) is 8.42 Å². The van der Waals surface area contributed by atoms with Gasteiger partial charge in [-0.15, -0.1) is 0 Å². The Hall–Kier alpha value is -1.74. The van der Waals surface area contributed by atoms with Gasteiger partial charge in [-0.2, -0.15) is 5.26 Å². The fourth-order valence-corrected chi connectivity index (χ4v) is 3.51. The fraction of sp³-hybridized carbons (Fsp3) is 0.0714. The van der Waals surface area contributed by atoms with Crippen LogP contribution in [0.25, 0.3) is 0 Å². The Morgan fingerprint density at radius 3 is 2.29 bits per heavy atom. The first-order chi connectivity index (χ1) is 9.85. The lowest BCUT2D eigenvalue weighted by Gasteiger charge is -2.11. The van der Waals surface area contributed by atoms with E-state index in [1.165, 1.54) is 30.3 Å². The second-order valence-electron chi connectivity index (χ2n) is 4.29. The number of anilines is 1. The minimum absolute atomic E-state index is 0.0370. The van der Waals surface area contributed by atoms with Gasteiger partial charge in [0.15, 0.2) is 0 Å². The molecule has 2 aromatic rings. The molecule has 0 atom stereocenters. The van der Waals surface area contributed by atoms with E-state index in [2.05, 4.69) is 4.72 Å². The highest BCUT2D eigenvalue weighted by molar-refractivity contribution is 7.92. The molecule has 108 valence electrons. The van der Waals surface area contributed by atoms with E-state index in [1.54, 1.807) is 13.0 Å². The molecule has 2 aromatic carbocycles. The molecule has 0 saturated heterocycles. The number of nitriles is 1. The standard InChI is InChI=1S/C14H10Cl2N2O2S/c1-9-7-11(6-5-10(9)8-17)21(19,20)18-14-12(15)3-2-4-13(14)16/h2-7,18H,1H3. The minimum Gasteiger partial charge on any atom is -0.277 e. The zero-order chi connectivity index (χ0) is 15.6. The van der Waals surface area contributed by atoms with Crippen LogP contribution in [0, 0.1) is 18.3 Å². The lowest BCUT2D eigenvalue weighted by Crippen LogP contribution is -2.14. The first-order valence-corrected chi connectivity index (χ1v) is 8.06. The van der Waals surface area contributed by atoms with Gasteiger partial charge in [-0.25, -0.2) is 8.42 Å². The first-order valence-electron chi connectivity index (χ1n) is 5.83.